The smallest absolute Gasteiger partial charge is 0.360 e. The summed E-state index contributed by atoms with van der Waals surface area (Å²) >= 11 is 0. The summed E-state index contributed by atoms with van der Waals surface area (Å²) in [7, 11) is 0. The fraction of sp³-hybridized carbons (Fsp3) is 0.389. The van der Waals surface area contributed by atoms with Crippen molar-refractivity contribution in [1.29, 1.82) is 5.26 Å². The first-order valence-corrected chi connectivity index (χ1v) is 8.89. The van der Waals surface area contributed by atoms with E-state index in [0.29, 0.717) is 31.6 Å². The number of nitriles is 1. The van der Waals surface area contributed by atoms with Gasteiger partial charge in [-0.3, -0.25) is 10.1 Å². The number of nitrogens with two attached hydrogens (primary N) is 1. The number of rotatable bonds is 5. The average molecular weight is 384 g/mol. The molecule has 10 nitrogen and oxygen atoms in total. The number of nitro groups is 1. The third-order valence-corrected chi connectivity index (χ3v) is 4.80. The van der Waals surface area contributed by atoms with Gasteiger partial charge in [-0.05, 0) is 31.9 Å². The Morgan fingerprint density at radius 2 is 2.18 bits per heavy atom. The molecule has 0 bridgehead atoms. The molecule has 3 rings (SSSR count). The largest absolute Gasteiger partial charge is 0.461 e. The molecule has 0 aliphatic carbocycles. The van der Waals surface area contributed by atoms with Gasteiger partial charge in [0.25, 0.3) is 5.69 Å². The summed E-state index contributed by atoms with van der Waals surface area (Å²) in [6.45, 7) is 3.10. The van der Waals surface area contributed by atoms with E-state index in [2.05, 4.69) is 4.98 Å². The number of nitrogens with zero attached hydrogens (tertiary/aromatic N) is 5. The molecule has 146 valence electrons. The number of piperidine rings is 1. The van der Waals surface area contributed by atoms with Crippen LogP contribution in [-0.4, -0.2) is 40.1 Å². The van der Waals surface area contributed by atoms with E-state index in [0.717, 1.165) is 0 Å². The number of benzene rings is 1. The highest BCUT2D eigenvalue weighted by atomic mass is 16.6. The first-order valence-electron chi connectivity index (χ1n) is 8.89. The van der Waals surface area contributed by atoms with Gasteiger partial charge in [0.2, 0.25) is 0 Å². The van der Waals surface area contributed by atoms with Crippen LogP contribution < -0.4 is 10.6 Å². The molecule has 28 heavy (non-hydrogen) atoms. The van der Waals surface area contributed by atoms with Crippen molar-refractivity contribution in [3.8, 4) is 6.07 Å². The van der Waals surface area contributed by atoms with E-state index in [9.17, 15) is 14.9 Å². The number of imidazole rings is 1. The fourth-order valence-electron chi connectivity index (χ4n) is 3.41. The molecule has 0 spiro atoms. The second-order valence-electron chi connectivity index (χ2n) is 6.40. The molecular weight excluding hydrogens is 364 g/mol. The van der Waals surface area contributed by atoms with Crippen LogP contribution in [0.25, 0.3) is 0 Å². The zero-order valence-corrected chi connectivity index (χ0v) is 15.4. The summed E-state index contributed by atoms with van der Waals surface area (Å²) in [5, 5.41) is 20.3. The van der Waals surface area contributed by atoms with Crippen molar-refractivity contribution in [2.24, 2.45) is 0 Å². The van der Waals surface area contributed by atoms with Crippen molar-refractivity contribution < 1.29 is 14.5 Å². The number of hydrogen-bond acceptors (Lipinski definition) is 8. The Kier molecular flexibility index (Phi) is 5.44. The van der Waals surface area contributed by atoms with Crippen LogP contribution in [0.4, 0.5) is 17.2 Å². The number of ether oxygens (including phenoxy) is 1. The van der Waals surface area contributed by atoms with Crippen LogP contribution in [0.15, 0.2) is 24.5 Å². The first kappa shape index (κ1) is 19.2. The third kappa shape index (κ3) is 3.59. The SMILES string of the molecule is CCOC(=O)c1ncn(C2CCN(c3ccc(C#N)cc3[N+](=O)[O-])CC2)c1N. The molecule has 1 aliphatic heterocycles. The van der Waals surface area contributed by atoms with Gasteiger partial charge in [-0.2, -0.15) is 5.26 Å². The van der Waals surface area contributed by atoms with Crippen molar-refractivity contribution in [2.75, 3.05) is 30.3 Å². The molecule has 0 atom stereocenters. The lowest BCUT2D eigenvalue weighted by molar-refractivity contribution is -0.384. The minimum absolute atomic E-state index is 0.0318. The Balaban J connectivity index is 1.75. The molecule has 1 aromatic carbocycles. The Hall–Kier alpha value is -3.61. The molecule has 1 aliphatic rings. The lowest BCUT2D eigenvalue weighted by atomic mass is 10.0. The number of nitro benzene ring substituents is 1. The van der Waals surface area contributed by atoms with Crippen LogP contribution in [0.5, 0.6) is 0 Å². The number of esters is 1. The number of nitrogen functional groups attached to an aromatic ring is 1. The maximum atomic E-state index is 11.9. The molecule has 0 saturated carbocycles. The highest BCUT2D eigenvalue weighted by Crippen LogP contribution is 2.34. The zero-order chi connectivity index (χ0) is 20.3. The lowest BCUT2D eigenvalue weighted by Gasteiger charge is -2.34. The molecule has 1 fully saturated rings. The predicted octanol–water partition coefficient (Wildman–Crippen LogP) is 2.26. The monoisotopic (exact) mass is 384 g/mol. The minimum Gasteiger partial charge on any atom is -0.461 e. The minimum atomic E-state index is -0.551. The van der Waals surface area contributed by atoms with Gasteiger partial charge in [0.05, 0.1) is 29.5 Å². The molecule has 0 unspecified atom stereocenters. The molecule has 0 amide bonds. The van der Waals surface area contributed by atoms with E-state index in [4.69, 9.17) is 15.7 Å². The maximum Gasteiger partial charge on any atom is 0.360 e. The Labute approximate surface area is 161 Å². The summed E-state index contributed by atoms with van der Waals surface area (Å²) in [4.78, 5) is 28.8. The van der Waals surface area contributed by atoms with Gasteiger partial charge in [0, 0.05) is 25.2 Å². The van der Waals surface area contributed by atoms with Crippen molar-refractivity contribution in [3.05, 3.63) is 45.9 Å². The van der Waals surface area contributed by atoms with Crippen LogP contribution in [0.2, 0.25) is 0 Å². The molecule has 0 radical (unpaired) electrons. The molecule has 2 N–H and O–H groups in total. The summed E-state index contributed by atoms with van der Waals surface area (Å²) in [6, 6.07) is 6.44. The van der Waals surface area contributed by atoms with Gasteiger partial charge < -0.3 is 19.9 Å². The summed E-state index contributed by atoms with van der Waals surface area (Å²) in [6.07, 6.45) is 2.89. The Bertz CT molecular complexity index is 940. The number of carbonyl (C=O) groups is 1. The highest BCUT2D eigenvalue weighted by Gasteiger charge is 2.28. The molecule has 10 heteroatoms. The molecule has 1 saturated heterocycles. The van der Waals surface area contributed by atoms with Gasteiger partial charge >= 0.3 is 5.97 Å². The Morgan fingerprint density at radius 3 is 2.79 bits per heavy atom. The molecule has 2 aromatic rings. The van der Waals surface area contributed by atoms with E-state index < -0.39 is 10.9 Å². The molecule has 1 aromatic heterocycles. The zero-order valence-electron chi connectivity index (χ0n) is 15.4. The number of carbonyl (C=O) groups excluding carboxylic acids is 1. The summed E-state index contributed by atoms with van der Waals surface area (Å²) in [5.41, 5.74) is 6.84. The first-order chi connectivity index (χ1) is 13.5. The average Bonchev–Trinajstić information content (AvgIpc) is 3.09. The quantitative estimate of drug-likeness (QED) is 0.470. The second kappa shape index (κ2) is 7.96. The number of aromatic nitrogens is 2. The second-order valence-corrected chi connectivity index (χ2v) is 6.40. The number of anilines is 2. The van der Waals surface area contributed by atoms with Crippen LogP contribution in [0.3, 0.4) is 0 Å². The lowest BCUT2D eigenvalue weighted by Crippen LogP contribution is -2.35. The van der Waals surface area contributed by atoms with E-state index in [1.165, 1.54) is 12.4 Å². The standard InChI is InChI=1S/C18H20N6O4/c1-2-28-18(25)16-17(20)23(11-21-16)13-5-7-22(8-6-13)14-4-3-12(10-19)9-15(14)24(26)27/h3-4,9,11,13H,2,5-8,20H2,1H3. The summed E-state index contributed by atoms with van der Waals surface area (Å²) < 4.78 is 6.71. The van der Waals surface area contributed by atoms with Gasteiger partial charge in [0.1, 0.15) is 11.5 Å². The van der Waals surface area contributed by atoms with Gasteiger partial charge in [-0.25, -0.2) is 9.78 Å². The van der Waals surface area contributed by atoms with Crippen molar-refractivity contribution >= 4 is 23.2 Å². The normalized spacial score (nSPS) is 14.5. The van der Waals surface area contributed by atoms with Crippen LogP contribution >= 0.6 is 0 Å². The predicted molar refractivity (Wildman–Crippen MR) is 101 cm³/mol. The summed E-state index contributed by atoms with van der Waals surface area (Å²) in [5.74, 6) is -0.286. The van der Waals surface area contributed by atoms with Crippen LogP contribution in [0, 0.1) is 21.4 Å². The maximum absolute atomic E-state index is 11.9. The van der Waals surface area contributed by atoms with E-state index in [1.807, 2.05) is 11.0 Å². The van der Waals surface area contributed by atoms with Crippen molar-refractivity contribution in [2.45, 2.75) is 25.8 Å². The Morgan fingerprint density at radius 1 is 1.46 bits per heavy atom. The van der Waals surface area contributed by atoms with Gasteiger partial charge in [-0.15, -0.1) is 0 Å². The van der Waals surface area contributed by atoms with Gasteiger partial charge in [0.15, 0.2) is 5.69 Å². The van der Waals surface area contributed by atoms with Crippen molar-refractivity contribution in [3.63, 3.8) is 0 Å². The molecule has 2 heterocycles. The molecular formula is C18H20N6O4. The third-order valence-electron chi connectivity index (χ3n) is 4.80. The topological polar surface area (TPSA) is 140 Å². The van der Waals surface area contributed by atoms with Crippen LogP contribution in [0.1, 0.15) is 41.9 Å². The fourth-order valence-corrected chi connectivity index (χ4v) is 3.41. The van der Waals surface area contributed by atoms with Crippen molar-refractivity contribution in [1.82, 2.24) is 9.55 Å². The van der Waals surface area contributed by atoms with E-state index in [1.54, 1.807) is 23.6 Å². The van der Waals surface area contributed by atoms with E-state index >= 15 is 0 Å². The van der Waals surface area contributed by atoms with E-state index in [-0.39, 0.29) is 35.4 Å². The van der Waals surface area contributed by atoms with Gasteiger partial charge in [-0.1, -0.05) is 0 Å². The number of hydrogen-bond donors (Lipinski definition) is 1. The highest BCUT2D eigenvalue weighted by molar-refractivity contribution is 5.92. The van der Waals surface area contributed by atoms with Crippen LogP contribution in [-0.2, 0) is 4.74 Å².